The first-order chi connectivity index (χ1) is 16.4. The predicted octanol–water partition coefficient (Wildman–Crippen LogP) is 3.37. The van der Waals surface area contributed by atoms with E-state index in [1.165, 1.54) is 11.3 Å². The van der Waals surface area contributed by atoms with E-state index in [4.69, 9.17) is 4.74 Å². The molecule has 3 aromatic rings. The third-order valence-electron chi connectivity index (χ3n) is 5.78. The molecule has 0 saturated carbocycles. The molecule has 8 nitrogen and oxygen atoms in total. The third-order valence-corrected chi connectivity index (χ3v) is 6.65. The molecule has 2 amide bonds. The van der Waals surface area contributed by atoms with Crippen molar-refractivity contribution in [1.29, 1.82) is 0 Å². The summed E-state index contributed by atoms with van der Waals surface area (Å²) in [5.74, 6) is 0.509. The second kappa shape index (κ2) is 10.8. The molecule has 9 heteroatoms. The quantitative estimate of drug-likeness (QED) is 0.559. The average Bonchev–Trinajstić information content (AvgIpc) is 3.28. The highest BCUT2D eigenvalue weighted by molar-refractivity contribution is 7.18. The lowest BCUT2D eigenvalue weighted by atomic mass is 10.1. The molecule has 0 spiro atoms. The minimum absolute atomic E-state index is 0.0396. The largest absolute Gasteiger partial charge is 0.481 e. The fraction of sp³-hybridized carbons (Fsp3) is 0.360. The van der Waals surface area contributed by atoms with Gasteiger partial charge in [-0.3, -0.25) is 19.8 Å². The van der Waals surface area contributed by atoms with Crippen LogP contribution in [0.1, 0.15) is 18.1 Å². The molecule has 4 rings (SSSR count). The molecule has 0 radical (unpaired) electrons. The Morgan fingerprint density at radius 1 is 1.03 bits per heavy atom. The molecule has 0 aliphatic carbocycles. The van der Waals surface area contributed by atoms with Gasteiger partial charge in [0.05, 0.1) is 6.54 Å². The molecule has 1 saturated heterocycles. The minimum Gasteiger partial charge on any atom is -0.481 e. The van der Waals surface area contributed by atoms with Gasteiger partial charge in [-0.1, -0.05) is 53.3 Å². The third kappa shape index (κ3) is 5.98. The second-order valence-electron chi connectivity index (χ2n) is 8.45. The van der Waals surface area contributed by atoms with E-state index in [9.17, 15) is 9.59 Å². The number of aromatic nitrogens is 2. The van der Waals surface area contributed by atoms with Gasteiger partial charge in [-0.2, -0.15) is 0 Å². The van der Waals surface area contributed by atoms with E-state index < -0.39 is 6.10 Å². The van der Waals surface area contributed by atoms with Crippen LogP contribution in [-0.4, -0.2) is 70.6 Å². The molecule has 1 aromatic heterocycles. The van der Waals surface area contributed by atoms with Crippen molar-refractivity contribution in [2.24, 2.45) is 0 Å². The molecule has 34 heavy (non-hydrogen) atoms. The van der Waals surface area contributed by atoms with Crippen molar-refractivity contribution >= 4 is 28.3 Å². The molecule has 1 aliphatic rings. The summed E-state index contributed by atoms with van der Waals surface area (Å²) in [7, 11) is 0. The topological polar surface area (TPSA) is 87.7 Å². The maximum absolute atomic E-state index is 12.8. The van der Waals surface area contributed by atoms with Crippen LogP contribution in [0, 0.1) is 13.8 Å². The number of aryl methyl sites for hydroxylation is 2. The molecule has 1 N–H and O–H groups in total. The zero-order valence-corrected chi connectivity index (χ0v) is 20.5. The summed E-state index contributed by atoms with van der Waals surface area (Å²) in [6.07, 6.45) is -0.558. The number of hydrogen-bond donors (Lipinski definition) is 1. The number of piperazine rings is 1. The van der Waals surface area contributed by atoms with E-state index in [-0.39, 0.29) is 18.4 Å². The zero-order chi connectivity index (χ0) is 24.1. The lowest BCUT2D eigenvalue weighted by Crippen LogP contribution is -2.53. The molecule has 2 aromatic carbocycles. The van der Waals surface area contributed by atoms with Crippen LogP contribution in [0.3, 0.4) is 0 Å². The SMILES string of the molecule is Cc1ccc(O[C@@H](C)C(=O)N2CCN(CC(=O)Nc3nnc(-c4ccccc4C)s3)CC2)cc1. The predicted molar refractivity (Wildman–Crippen MR) is 133 cm³/mol. The van der Waals surface area contributed by atoms with E-state index in [0.29, 0.717) is 37.1 Å². The van der Waals surface area contributed by atoms with E-state index in [1.807, 2.05) is 67.3 Å². The number of rotatable bonds is 7. The number of carbonyl (C=O) groups excluding carboxylic acids is 2. The summed E-state index contributed by atoms with van der Waals surface area (Å²) in [6.45, 7) is 8.42. The summed E-state index contributed by atoms with van der Waals surface area (Å²) in [5, 5.41) is 12.4. The Labute approximate surface area is 203 Å². The van der Waals surface area contributed by atoms with Crippen LogP contribution in [0.4, 0.5) is 5.13 Å². The molecule has 1 atom stereocenters. The number of benzene rings is 2. The summed E-state index contributed by atoms with van der Waals surface area (Å²) in [5.41, 5.74) is 3.27. The highest BCUT2D eigenvalue weighted by atomic mass is 32.1. The van der Waals surface area contributed by atoms with Crippen molar-refractivity contribution < 1.29 is 14.3 Å². The standard InChI is InChI=1S/C25H29N5O3S/c1-17-8-10-20(11-9-17)33-19(3)24(32)30-14-12-29(13-15-30)16-22(31)26-25-28-27-23(34-25)21-7-5-4-6-18(21)2/h4-11,19H,12-16H2,1-3H3,(H,26,28,31)/t19-/m0/s1. The van der Waals surface area contributed by atoms with Gasteiger partial charge in [0.15, 0.2) is 6.10 Å². The van der Waals surface area contributed by atoms with Crippen molar-refractivity contribution in [3.8, 4) is 16.3 Å². The first kappa shape index (κ1) is 23.8. The van der Waals surface area contributed by atoms with Crippen LogP contribution in [0.2, 0.25) is 0 Å². The summed E-state index contributed by atoms with van der Waals surface area (Å²) in [6, 6.07) is 15.6. The first-order valence-corrected chi connectivity index (χ1v) is 12.1. The number of nitrogens with one attached hydrogen (secondary N) is 1. The van der Waals surface area contributed by atoms with E-state index in [0.717, 1.165) is 21.7 Å². The highest BCUT2D eigenvalue weighted by Gasteiger charge is 2.27. The van der Waals surface area contributed by atoms with E-state index >= 15 is 0 Å². The monoisotopic (exact) mass is 479 g/mol. The Morgan fingerprint density at radius 3 is 2.44 bits per heavy atom. The van der Waals surface area contributed by atoms with Crippen molar-refractivity contribution in [1.82, 2.24) is 20.0 Å². The number of ether oxygens (including phenoxy) is 1. The van der Waals surface area contributed by atoms with Gasteiger partial charge in [0.2, 0.25) is 11.0 Å². The second-order valence-corrected chi connectivity index (χ2v) is 9.43. The molecule has 0 bridgehead atoms. The average molecular weight is 480 g/mol. The van der Waals surface area contributed by atoms with Gasteiger partial charge < -0.3 is 9.64 Å². The van der Waals surface area contributed by atoms with Crippen molar-refractivity contribution in [2.75, 3.05) is 38.0 Å². The Hall–Kier alpha value is -3.30. The number of anilines is 1. The fourth-order valence-electron chi connectivity index (χ4n) is 3.81. The maximum Gasteiger partial charge on any atom is 0.263 e. The van der Waals surface area contributed by atoms with Crippen LogP contribution in [0.5, 0.6) is 5.75 Å². The number of amides is 2. The number of hydrogen-bond acceptors (Lipinski definition) is 7. The Balaban J connectivity index is 1.23. The van der Waals surface area contributed by atoms with Gasteiger partial charge in [0.1, 0.15) is 10.8 Å². The summed E-state index contributed by atoms with van der Waals surface area (Å²) >= 11 is 1.36. The number of nitrogens with zero attached hydrogens (tertiary/aromatic N) is 4. The molecule has 0 unspecified atom stereocenters. The lowest BCUT2D eigenvalue weighted by Gasteiger charge is -2.35. The maximum atomic E-state index is 12.8. The molecular weight excluding hydrogens is 450 g/mol. The van der Waals surface area contributed by atoms with Crippen molar-refractivity contribution in [3.63, 3.8) is 0 Å². The molecule has 2 heterocycles. The fourth-order valence-corrected chi connectivity index (χ4v) is 4.66. The van der Waals surface area contributed by atoms with Crippen LogP contribution in [0.25, 0.3) is 10.6 Å². The first-order valence-electron chi connectivity index (χ1n) is 11.3. The summed E-state index contributed by atoms with van der Waals surface area (Å²) in [4.78, 5) is 29.1. The zero-order valence-electron chi connectivity index (χ0n) is 19.7. The van der Waals surface area contributed by atoms with Crippen LogP contribution in [-0.2, 0) is 9.59 Å². The van der Waals surface area contributed by atoms with Crippen molar-refractivity contribution in [3.05, 3.63) is 59.7 Å². The lowest BCUT2D eigenvalue weighted by molar-refractivity contribution is -0.139. The van der Waals surface area contributed by atoms with Gasteiger partial charge in [0.25, 0.3) is 5.91 Å². The molecule has 178 valence electrons. The van der Waals surface area contributed by atoms with Crippen LogP contribution < -0.4 is 10.1 Å². The van der Waals surface area contributed by atoms with Gasteiger partial charge in [-0.05, 0) is 38.5 Å². The Morgan fingerprint density at radius 2 is 1.74 bits per heavy atom. The minimum atomic E-state index is -0.558. The van der Waals surface area contributed by atoms with E-state index in [2.05, 4.69) is 15.5 Å². The van der Waals surface area contributed by atoms with E-state index in [1.54, 1.807) is 11.8 Å². The highest BCUT2D eigenvalue weighted by Crippen LogP contribution is 2.28. The smallest absolute Gasteiger partial charge is 0.263 e. The molecular formula is C25H29N5O3S. The molecule has 1 aliphatic heterocycles. The Kier molecular flexibility index (Phi) is 7.54. The van der Waals surface area contributed by atoms with Gasteiger partial charge in [0, 0.05) is 31.7 Å². The van der Waals surface area contributed by atoms with Crippen LogP contribution in [0.15, 0.2) is 48.5 Å². The van der Waals surface area contributed by atoms with Gasteiger partial charge >= 0.3 is 0 Å². The normalized spacial score (nSPS) is 15.1. The molecule has 1 fully saturated rings. The van der Waals surface area contributed by atoms with Crippen molar-refractivity contribution in [2.45, 2.75) is 26.9 Å². The van der Waals surface area contributed by atoms with Gasteiger partial charge in [-0.25, -0.2) is 0 Å². The Bertz CT molecular complexity index is 1140. The van der Waals surface area contributed by atoms with Crippen LogP contribution >= 0.6 is 11.3 Å². The summed E-state index contributed by atoms with van der Waals surface area (Å²) < 4.78 is 5.80. The number of carbonyl (C=O) groups is 2. The van der Waals surface area contributed by atoms with Gasteiger partial charge in [-0.15, -0.1) is 10.2 Å².